The van der Waals surface area contributed by atoms with Crippen LogP contribution in [0.3, 0.4) is 0 Å². The normalized spacial score (nSPS) is 22.7. The molecule has 1 aromatic heterocycles. The van der Waals surface area contributed by atoms with Crippen molar-refractivity contribution >= 4 is 22.8 Å². The summed E-state index contributed by atoms with van der Waals surface area (Å²) in [5, 5.41) is 0.884. The summed E-state index contributed by atoms with van der Waals surface area (Å²) in [7, 11) is 0. The molecule has 2 heterocycles. The zero-order valence-electron chi connectivity index (χ0n) is 14.9. The van der Waals surface area contributed by atoms with E-state index in [1.54, 1.807) is 18.3 Å². The molecule has 5 nitrogen and oxygen atoms in total. The molecule has 26 heavy (non-hydrogen) atoms. The second-order valence-electron chi connectivity index (χ2n) is 7.30. The fraction of sp³-hybridized carbons (Fsp3) is 0.476. The van der Waals surface area contributed by atoms with E-state index in [0.717, 1.165) is 24.8 Å². The van der Waals surface area contributed by atoms with E-state index < -0.39 is 5.97 Å². The Morgan fingerprint density at radius 1 is 1.08 bits per heavy atom. The van der Waals surface area contributed by atoms with E-state index in [1.165, 1.54) is 25.7 Å². The van der Waals surface area contributed by atoms with Gasteiger partial charge in [0.05, 0.1) is 11.1 Å². The predicted molar refractivity (Wildman–Crippen MR) is 98.7 cm³/mol. The largest absolute Gasteiger partial charge is 0.452 e. The monoisotopic (exact) mass is 352 g/mol. The van der Waals surface area contributed by atoms with Crippen LogP contribution in [0.4, 0.5) is 0 Å². The smallest absolute Gasteiger partial charge is 0.340 e. The Hall–Kier alpha value is -2.43. The molecule has 1 saturated carbocycles. The minimum absolute atomic E-state index is 0.0665. The fourth-order valence-corrected chi connectivity index (χ4v) is 4.49. The van der Waals surface area contributed by atoms with E-state index in [-0.39, 0.29) is 12.5 Å². The van der Waals surface area contributed by atoms with Crippen molar-refractivity contribution in [3.63, 3.8) is 0 Å². The molecular weight excluding hydrogens is 328 g/mol. The molecule has 0 spiro atoms. The molecule has 0 N–H and O–H groups in total. The van der Waals surface area contributed by atoms with Gasteiger partial charge in [0.15, 0.2) is 6.61 Å². The van der Waals surface area contributed by atoms with E-state index in [0.29, 0.717) is 23.0 Å². The first-order valence-corrected chi connectivity index (χ1v) is 9.54. The molecular formula is C21H24N2O3. The van der Waals surface area contributed by atoms with Gasteiger partial charge in [-0.3, -0.25) is 9.78 Å². The Morgan fingerprint density at radius 2 is 1.88 bits per heavy atom. The molecule has 2 atom stereocenters. The number of carbonyl (C=O) groups is 2. The number of para-hydroxylation sites is 1. The van der Waals surface area contributed by atoms with Gasteiger partial charge in [-0.15, -0.1) is 0 Å². The average Bonchev–Trinajstić information content (AvgIpc) is 2.71. The molecule has 1 aliphatic heterocycles. The molecule has 0 bridgehead atoms. The fourth-order valence-electron chi connectivity index (χ4n) is 4.49. The lowest BCUT2D eigenvalue weighted by atomic mass is 9.78. The van der Waals surface area contributed by atoms with Crippen LogP contribution in [0.25, 0.3) is 10.9 Å². The van der Waals surface area contributed by atoms with Gasteiger partial charge in [0.1, 0.15) is 0 Å². The highest BCUT2D eigenvalue weighted by Crippen LogP contribution is 2.35. The minimum Gasteiger partial charge on any atom is -0.452 e. The zero-order valence-corrected chi connectivity index (χ0v) is 14.9. The second-order valence-corrected chi connectivity index (χ2v) is 7.30. The van der Waals surface area contributed by atoms with Gasteiger partial charge >= 0.3 is 5.97 Å². The van der Waals surface area contributed by atoms with Crippen LogP contribution in [0.15, 0.2) is 36.5 Å². The number of nitrogens with zero attached hydrogens (tertiary/aromatic N) is 2. The third-order valence-corrected chi connectivity index (χ3v) is 5.74. The molecule has 0 unspecified atom stereocenters. The number of likely N-dealkylation sites (tertiary alicyclic amines) is 1. The maximum Gasteiger partial charge on any atom is 0.340 e. The maximum atomic E-state index is 12.7. The molecule has 0 radical (unpaired) electrons. The number of carbonyl (C=O) groups excluding carboxylic acids is 2. The van der Waals surface area contributed by atoms with E-state index >= 15 is 0 Å². The number of ether oxygens (including phenoxy) is 1. The highest BCUT2D eigenvalue weighted by molar-refractivity contribution is 6.03. The lowest BCUT2D eigenvalue weighted by molar-refractivity contribution is -0.140. The number of piperidine rings is 1. The first-order chi connectivity index (χ1) is 12.7. The Morgan fingerprint density at radius 3 is 2.81 bits per heavy atom. The first kappa shape index (κ1) is 17.0. The van der Waals surface area contributed by atoms with Crippen molar-refractivity contribution in [3.8, 4) is 0 Å². The molecule has 2 fully saturated rings. The number of esters is 1. The van der Waals surface area contributed by atoms with Gasteiger partial charge < -0.3 is 9.64 Å². The van der Waals surface area contributed by atoms with E-state index in [9.17, 15) is 9.59 Å². The summed E-state index contributed by atoms with van der Waals surface area (Å²) in [6, 6.07) is 9.48. The molecule has 1 saturated heterocycles. The molecule has 1 aliphatic carbocycles. The van der Waals surface area contributed by atoms with Gasteiger partial charge in [-0.25, -0.2) is 4.79 Å². The minimum atomic E-state index is -0.486. The number of benzene rings is 1. The van der Waals surface area contributed by atoms with E-state index in [4.69, 9.17) is 4.74 Å². The summed E-state index contributed by atoms with van der Waals surface area (Å²) in [6.07, 6.45) is 8.68. The number of fused-ring (bicyclic) bond motifs is 2. The Balaban J connectivity index is 1.43. The van der Waals surface area contributed by atoms with Gasteiger partial charge in [-0.2, -0.15) is 0 Å². The van der Waals surface area contributed by atoms with Crippen LogP contribution in [0.2, 0.25) is 0 Å². The van der Waals surface area contributed by atoms with Crippen LogP contribution >= 0.6 is 0 Å². The third-order valence-electron chi connectivity index (χ3n) is 5.74. The van der Waals surface area contributed by atoms with Crippen molar-refractivity contribution in [2.75, 3.05) is 13.2 Å². The molecule has 5 heteroatoms. The summed E-state index contributed by atoms with van der Waals surface area (Å²) in [5.41, 5.74) is 1.02. The van der Waals surface area contributed by atoms with E-state index in [2.05, 4.69) is 4.98 Å². The maximum absolute atomic E-state index is 12.7. The molecule has 2 aliphatic rings. The summed E-state index contributed by atoms with van der Waals surface area (Å²) < 4.78 is 5.36. The lowest BCUT2D eigenvalue weighted by Crippen LogP contribution is -2.50. The number of hydrogen-bond acceptors (Lipinski definition) is 4. The Labute approximate surface area is 153 Å². The van der Waals surface area contributed by atoms with Crippen LogP contribution in [-0.4, -0.2) is 41.0 Å². The molecule has 1 aromatic carbocycles. The number of pyridine rings is 1. The van der Waals surface area contributed by atoms with Gasteiger partial charge in [-0.1, -0.05) is 31.0 Å². The van der Waals surface area contributed by atoms with E-state index in [1.807, 2.05) is 23.1 Å². The van der Waals surface area contributed by atoms with Crippen LogP contribution in [0.1, 0.15) is 48.9 Å². The quantitative estimate of drug-likeness (QED) is 0.793. The number of aromatic nitrogens is 1. The summed E-state index contributed by atoms with van der Waals surface area (Å²) >= 11 is 0. The lowest BCUT2D eigenvalue weighted by Gasteiger charge is -2.44. The van der Waals surface area contributed by atoms with Crippen LogP contribution in [-0.2, 0) is 9.53 Å². The van der Waals surface area contributed by atoms with Crippen molar-refractivity contribution < 1.29 is 14.3 Å². The van der Waals surface area contributed by atoms with Crippen LogP contribution in [0.5, 0.6) is 0 Å². The Bertz CT molecular complexity index is 813. The van der Waals surface area contributed by atoms with Crippen molar-refractivity contribution in [2.45, 2.75) is 44.6 Å². The average molecular weight is 352 g/mol. The van der Waals surface area contributed by atoms with Gasteiger partial charge in [0, 0.05) is 24.2 Å². The number of amides is 1. The second kappa shape index (κ2) is 7.44. The molecule has 136 valence electrons. The summed E-state index contributed by atoms with van der Waals surface area (Å²) in [5.74, 6) is 0.0717. The predicted octanol–water partition coefficient (Wildman–Crippen LogP) is 3.57. The zero-order chi connectivity index (χ0) is 17.9. The van der Waals surface area contributed by atoms with Crippen molar-refractivity contribution in [1.82, 2.24) is 9.88 Å². The van der Waals surface area contributed by atoms with Gasteiger partial charge in [-0.05, 0) is 43.7 Å². The standard InChI is InChI=1S/C21H24N2O3/c24-19(23-13-5-9-15-6-1-2-11-18(15)23)14-26-21(25)17-10-3-7-16-8-4-12-22-20(16)17/h3-4,7-8,10,12,15,18H,1-2,5-6,9,11,13-14H2/t15-,18-/m1/s1. The first-order valence-electron chi connectivity index (χ1n) is 9.54. The summed E-state index contributed by atoms with van der Waals surface area (Å²) in [4.78, 5) is 31.4. The number of rotatable bonds is 3. The number of hydrogen-bond donors (Lipinski definition) is 0. The van der Waals surface area contributed by atoms with Crippen molar-refractivity contribution in [1.29, 1.82) is 0 Å². The van der Waals surface area contributed by atoms with Crippen LogP contribution < -0.4 is 0 Å². The van der Waals surface area contributed by atoms with Gasteiger partial charge in [0.25, 0.3) is 5.91 Å². The van der Waals surface area contributed by atoms with Crippen LogP contribution in [0, 0.1) is 5.92 Å². The van der Waals surface area contributed by atoms with Crippen molar-refractivity contribution in [2.24, 2.45) is 5.92 Å². The Kier molecular flexibility index (Phi) is 4.87. The van der Waals surface area contributed by atoms with Gasteiger partial charge in [0.2, 0.25) is 0 Å². The van der Waals surface area contributed by atoms with Crippen molar-refractivity contribution in [3.05, 3.63) is 42.1 Å². The molecule has 2 aromatic rings. The topological polar surface area (TPSA) is 59.5 Å². The SMILES string of the molecule is O=C(OCC(=O)N1CCC[C@H]2CCCC[C@H]21)c1cccc2cccnc12. The molecule has 4 rings (SSSR count). The highest BCUT2D eigenvalue weighted by Gasteiger charge is 2.35. The highest BCUT2D eigenvalue weighted by atomic mass is 16.5. The molecule has 1 amide bonds. The summed E-state index contributed by atoms with van der Waals surface area (Å²) in [6.45, 7) is 0.596. The third kappa shape index (κ3) is 3.30.